The summed E-state index contributed by atoms with van der Waals surface area (Å²) in [7, 11) is 0. The lowest BCUT2D eigenvalue weighted by atomic mass is 10.1. The second kappa shape index (κ2) is 9.57. The number of aliphatic imine (C=N–C) groups is 1. The summed E-state index contributed by atoms with van der Waals surface area (Å²) >= 11 is 0. The van der Waals surface area contributed by atoms with Gasteiger partial charge in [-0.25, -0.2) is 4.99 Å². The molecule has 3 N–H and O–H groups in total. The number of phenolic OH excluding ortho intramolecular Hbond substituents is 1. The number of ether oxygens (including phenoxy) is 1. The molecule has 0 unspecified atom stereocenters. The molecule has 25 heavy (non-hydrogen) atoms. The molecule has 0 aliphatic rings. The van der Waals surface area contributed by atoms with Crippen molar-refractivity contribution in [3.05, 3.63) is 59.2 Å². The first-order valence-electron chi connectivity index (χ1n) is 8.64. The maximum absolute atomic E-state index is 9.77. The number of phenols is 1. The Balaban J connectivity index is 2.01. The van der Waals surface area contributed by atoms with E-state index < -0.39 is 0 Å². The number of nitrogens with zero attached hydrogens (tertiary/aromatic N) is 1. The molecule has 0 aromatic heterocycles. The van der Waals surface area contributed by atoms with Crippen molar-refractivity contribution in [3.8, 4) is 11.5 Å². The van der Waals surface area contributed by atoms with Crippen molar-refractivity contribution in [1.82, 2.24) is 10.6 Å². The second-order valence-electron chi connectivity index (χ2n) is 5.77. The molecule has 0 spiro atoms. The van der Waals surface area contributed by atoms with Crippen molar-refractivity contribution in [3.63, 3.8) is 0 Å². The fraction of sp³-hybridized carbons (Fsp3) is 0.350. The molecular weight excluding hydrogens is 314 g/mol. The van der Waals surface area contributed by atoms with Crippen LogP contribution in [0.25, 0.3) is 0 Å². The van der Waals surface area contributed by atoms with Gasteiger partial charge in [-0.3, -0.25) is 0 Å². The molecular formula is C20H27N3O2. The smallest absolute Gasteiger partial charge is 0.191 e. The lowest BCUT2D eigenvalue weighted by Gasteiger charge is -2.12. The lowest BCUT2D eigenvalue weighted by molar-refractivity contribution is 0.318. The van der Waals surface area contributed by atoms with E-state index in [1.165, 1.54) is 11.1 Å². The summed E-state index contributed by atoms with van der Waals surface area (Å²) in [6.45, 7) is 8.53. The van der Waals surface area contributed by atoms with Crippen LogP contribution in [0.1, 0.15) is 30.5 Å². The van der Waals surface area contributed by atoms with Gasteiger partial charge in [-0.05, 0) is 44.0 Å². The quantitative estimate of drug-likeness (QED) is 0.534. The van der Waals surface area contributed by atoms with Crippen LogP contribution in [0.3, 0.4) is 0 Å². The third-order valence-corrected chi connectivity index (χ3v) is 3.67. The van der Waals surface area contributed by atoms with Crippen molar-refractivity contribution in [2.45, 2.75) is 33.9 Å². The molecule has 0 aliphatic heterocycles. The van der Waals surface area contributed by atoms with E-state index in [2.05, 4.69) is 46.8 Å². The third kappa shape index (κ3) is 6.03. The Morgan fingerprint density at radius 2 is 1.76 bits per heavy atom. The molecule has 0 bridgehead atoms. The summed E-state index contributed by atoms with van der Waals surface area (Å²) in [5.74, 6) is 1.40. The molecule has 2 rings (SSSR count). The highest BCUT2D eigenvalue weighted by atomic mass is 16.5. The summed E-state index contributed by atoms with van der Waals surface area (Å²) in [5, 5.41) is 16.4. The highest BCUT2D eigenvalue weighted by molar-refractivity contribution is 5.79. The number of aromatic hydroxyl groups is 1. The number of aryl methyl sites for hydroxylation is 1. The van der Waals surface area contributed by atoms with Crippen molar-refractivity contribution >= 4 is 5.96 Å². The number of benzene rings is 2. The van der Waals surface area contributed by atoms with Gasteiger partial charge in [0.2, 0.25) is 0 Å². The predicted molar refractivity (Wildman–Crippen MR) is 102 cm³/mol. The van der Waals surface area contributed by atoms with Gasteiger partial charge in [0.25, 0.3) is 0 Å². The first kappa shape index (κ1) is 18.6. The third-order valence-electron chi connectivity index (χ3n) is 3.67. The molecule has 0 aliphatic carbocycles. The van der Waals surface area contributed by atoms with E-state index in [1.54, 1.807) is 6.07 Å². The van der Waals surface area contributed by atoms with Crippen molar-refractivity contribution < 1.29 is 9.84 Å². The molecule has 5 nitrogen and oxygen atoms in total. The van der Waals surface area contributed by atoms with Crippen LogP contribution in [0.15, 0.2) is 47.5 Å². The van der Waals surface area contributed by atoms with Gasteiger partial charge in [-0.2, -0.15) is 0 Å². The Morgan fingerprint density at radius 1 is 1.04 bits per heavy atom. The zero-order valence-corrected chi connectivity index (χ0v) is 15.2. The molecule has 0 amide bonds. The van der Waals surface area contributed by atoms with Crippen LogP contribution in [-0.4, -0.2) is 24.2 Å². The average Bonchev–Trinajstić information content (AvgIpc) is 2.61. The van der Waals surface area contributed by atoms with Gasteiger partial charge in [0.1, 0.15) is 0 Å². The van der Waals surface area contributed by atoms with E-state index >= 15 is 0 Å². The highest BCUT2D eigenvalue weighted by Gasteiger charge is 2.04. The van der Waals surface area contributed by atoms with E-state index in [-0.39, 0.29) is 5.75 Å². The van der Waals surface area contributed by atoms with Gasteiger partial charge >= 0.3 is 0 Å². The van der Waals surface area contributed by atoms with Gasteiger partial charge in [-0.1, -0.05) is 35.9 Å². The minimum atomic E-state index is 0.152. The first-order valence-corrected chi connectivity index (χ1v) is 8.64. The Hall–Kier alpha value is -2.69. The van der Waals surface area contributed by atoms with Gasteiger partial charge < -0.3 is 20.5 Å². The van der Waals surface area contributed by atoms with Crippen molar-refractivity contribution in [2.75, 3.05) is 13.2 Å². The summed E-state index contributed by atoms with van der Waals surface area (Å²) < 4.78 is 5.42. The topological polar surface area (TPSA) is 65.9 Å². The van der Waals surface area contributed by atoms with Crippen LogP contribution in [0.4, 0.5) is 0 Å². The van der Waals surface area contributed by atoms with Crippen LogP contribution in [-0.2, 0) is 13.1 Å². The molecule has 2 aromatic rings. The van der Waals surface area contributed by atoms with E-state index in [4.69, 9.17) is 4.74 Å². The van der Waals surface area contributed by atoms with Crippen LogP contribution >= 0.6 is 0 Å². The Labute approximate surface area is 149 Å². The van der Waals surface area contributed by atoms with Gasteiger partial charge in [-0.15, -0.1) is 0 Å². The van der Waals surface area contributed by atoms with E-state index in [0.717, 1.165) is 18.1 Å². The molecule has 5 heteroatoms. The Kier molecular flexibility index (Phi) is 7.14. The summed E-state index contributed by atoms with van der Waals surface area (Å²) in [6, 6.07) is 13.7. The number of rotatable bonds is 7. The largest absolute Gasteiger partial charge is 0.504 e. The van der Waals surface area contributed by atoms with Crippen LogP contribution in [0.2, 0.25) is 0 Å². The van der Waals surface area contributed by atoms with Gasteiger partial charge in [0.15, 0.2) is 17.5 Å². The zero-order valence-electron chi connectivity index (χ0n) is 15.2. The van der Waals surface area contributed by atoms with Crippen molar-refractivity contribution in [1.29, 1.82) is 0 Å². The summed E-state index contributed by atoms with van der Waals surface area (Å²) in [6.07, 6.45) is 0. The summed E-state index contributed by atoms with van der Waals surface area (Å²) in [4.78, 5) is 4.60. The first-order chi connectivity index (χ1) is 12.1. The predicted octanol–water partition coefficient (Wildman–Crippen LogP) is 3.35. The van der Waals surface area contributed by atoms with E-state index in [0.29, 0.717) is 25.4 Å². The fourth-order valence-corrected chi connectivity index (χ4v) is 2.33. The Morgan fingerprint density at radius 3 is 2.44 bits per heavy atom. The maximum Gasteiger partial charge on any atom is 0.191 e. The average molecular weight is 341 g/mol. The van der Waals surface area contributed by atoms with Gasteiger partial charge in [0.05, 0.1) is 13.2 Å². The molecule has 134 valence electrons. The van der Waals surface area contributed by atoms with Crippen molar-refractivity contribution in [2.24, 2.45) is 4.99 Å². The second-order valence-corrected chi connectivity index (χ2v) is 5.77. The molecule has 0 saturated carbocycles. The number of guanidine groups is 1. The monoisotopic (exact) mass is 341 g/mol. The van der Waals surface area contributed by atoms with Crippen LogP contribution < -0.4 is 15.4 Å². The lowest BCUT2D eigenvalue weighted by Crippen LogP contribution is -2.36. The highest BCUT2D eigenvalue weighted by Crippen LogP contribution is 2.27. The Bertz CT molecular complexity index is 697. The SMILES string of the molecule is CCNC(=NCc1ccc(O)c(OCC)c1)NCc1ccc(C)cc1. The normalized spacial score (nSPS) is 11.2. The van der Waals surface area contributed by atoms with E-state index in [9.17, 15) is 5.11 Å². The molecule has 0 atom stereocenters. The standard InChI is InChI=1S/C20H27N3O2/c1-4-21-20(22-13-16-8-6-15(3)7-9-16)23-14-17-10-11-18(24)19(12-17)25-5-2/h6-12,24H,4-5,13-14H2,1-3H3,(H2,21,22,23). The molecule has 0 fully saturated rings. The zero-order chi connectivity index (χ0) is 18.1. The molecule has 0 saturated heterocycles. The van der Waals surface area contributed by atoms with Gasteiger partial charge in [0, 0.05) is 13.1 Å². The molecule has 0 heterocycles. The van der Waals surface area contributed by atoms with E-state index in [1.807, 2.05) is 26.0 Å². The fourth-order valence-electron chi connectivity index (χ4n) is 2.33. The summed E-state index contributed by atoms with van der Waals surface area (Å²) in [5.41, 5.74) is 3.44. The number of hydrogen-bond acceptors (Lipinski definition) is 3. The minimum Gasteiger partial charge on any atom is -0.504 e. The maximum atomic E-state index is 9.77. The van der Waals surface area contributed by atoms with Crippen LogP contribution in [0, 0.1) is 6.92 Å². The number of hydrogen-bond donors (Lipinski definition) is 3. The molecule has 2 aromatic carbocycles. The number of nitrogens with one attached hydrogen (secondary N) is 2. The van der Waals surface area contributed by atoms with Crippen LogP contribution in [0.5, 0.6) is 11.5 Å². The molecule has 0 radical (unpaired) electrons. The minimum absolute atomic E-state index is 0.152.